The van der Waals surface area contributed by atoms with E-state index in [9.17, 15) is 0 Å². The Morgan fingerprint density at radius 3 is 2.60 bits per heavy atom. The van der Waals surface area contributed by atoms with Crippen LogP contribution in [0.4, 0.5) is 0 Å². The number of hydrogen-bond donors (Lipinski definition) is 1. The summed E-state index contributed by atoms with van der Waals surface area (Å²) < 4.78 is 0. The molecule has 0 spiro atoms. The van der Waals surface area contributed by atoms with Crippen LogP contribution in [0.1, 0.15) is 42.6 Å². The minimum atomic E-state index is 0.346. The van der Waals surface area contributed by atoms with Crippen molar-refractivity contribution in [3.63, 3.8) is 0 Å². The van der Waals surface area contributed by atoms with Gasteiger partial charge in [0.15, 0.2) is 0 Å². The maximum absolute atomic E-state index is 5.96. The molecule has 106 valence electrons. The molecule has 2 nitrogen and oxygen atoms in total. The molecule has 0 fully saturated rings. The van der Waals surface area contributed by atoms with Crippen LogP contribution in [0.2, 0.25) is 5.02 Å². The van der Waals surface area contributed by atoms with Gasteiger partial charge in [0.2, 0.25) is 0 Å². The molecule has 1 atom stereocenters. The monoisotopic (exact) mass is 288 g/mol. The topological polar surface area (TPSA) is 24.9 Å². The second-order valence-electron chi connectivity index (χ2n) is 5.04. The van der Waals surface area contributed by atoms with Crippen LogP contribution < -0.4 is 5.32 Å². The standard InChI is InChI=1S/C17H21ClN2/c1-3-5-16(14-7-9-15(18)10-8-14)20-12-17-13(2)6-4-11-19-17/h4,6-11,16,20H,3,5,12H2,1-2H3. The number of nitrogens with one attached hydrogen (secondary N) is 1. The fourth-order valence-electron chi connectivity index (χ4n) is 2.29. The third-order valence-electron chi connectivity index (χ3n) is 3.48. The second kappa shape index (κ2) is 7.41. The Kier molecular flexibility index (Phi) is 5.57. The van der Waals surface area contributed by atoms with E-state index in [1.807, 2.05) is 24.4 Å². The quantitative estimate of drug-likeness (QED) is 0.835. The molecular formula is C17H21ClN2. The van der Waals surface area contributed by atoms with Gasteiger partial charge in [-0.15, -0.1) is 0 Å². The number of nitrogens with zero attached hydrogens (tertiary/aromatic N) is 1. The molecule has 0 saturated heterocycles. The summed E-state index contributed by atoms with van der Waals surface area (Å²) in [5.41, 5.74) is 3.62. The van der Waals surface area contributed by atoms with Crippen LogP contribution in [-0.4, -0.2) is 4.98 Å². The number of halogens is 1. The van der Waals surface area contributed by atoms with Gasteiger partial charge in [-0.1, -0.05) is 43.1 Å². The molecule has 0 aliphatic carbocycles. The minimum Gasteiger partial charge on any atom is -0.304 e. The summed E-state index contributed by atoms with van der Waals surface area (Å²) in [6.07, 6.45) is 4.09. The first kappa shape index (κ1) is 15.0. The minimum absolute atomic E-state index is 0.346. The molecule has 1 aromatic heterocycles. The number of aryl methyl sites for hydroxylation is 1. The van der Waals surface area contributed by atoms with E-state index in [4.69, 9.17) is 11.6 Å². The summed E-state index contributed by atoms with van der Waals surface area (Å²) in [6.45, 7) is 5.09. The number of rotatable bonds is 6. The van der Waals surface area contributed by atoms with Crippen molar-refractivity contribution in [2.45, 2.75) is 39.3 Å². The summed E-state index contributed by atoms with van der Waals surface area (Å²) >= 11 is 5.96. The molecule has 0 aliphatic heterocycles. The molecule has 0 saturated carbocycles. The van der Waals surface area contributed by atoms with Crippen LogP contribution in [0.3, 0.4) is 0 Å². The van der Waals surface area contributed by atoms with Gasteiger partial charge in [-0.2, -0.15) is 0 Å². The SMILES string of the molecule is CCCC(NCc1ncccc1C)c1ccc(Cl)cc1. The van der Waals surface area contributed by atoms with Crippen LogP contribution in [0.25, 0.3) is 0 Å². The summed E-state index contributed by atoms with van der Waals surface area (Å²) in [4.78, 5) is 4.43. The molecule has 2 rings (SSSR count). The molecule has 20 heavy (non-hydrogen) atoms. The van der Waals surface area contributed by atoms with E-state index in [-0.39, 0.29) is 0 Å². The van der Waals surface area contributed by atoms with Gasteiger partial charge in [-0.25, -0.2) is 0 Å². The third-order valence-corrected chi connectivity index (χ3v) is 3.74. The Morgan fingerprint density at radius 2 is 1.95 bits per heavy atom. The Bertz CT molecular complexity index is 537. The predicted octanol–water partition coefficient (Wildman–Crippen LogP) is 4.67. The van der Waals surface area contributed by atoms with E-state index in [1.165, 1.54) is 11.1 Å². The van der Waals surface area contributed by atoms with Crippen molar-refractivity contribution in [3.05, 3.63) is 64.4 Å². The van der Waals surface area contributed by atoms with Gasteiger partial charge >= 0.3 is 0 Å². The van der Waals surface area contributed by atoms with Crippen molar-refractivity contribution in [1.29, 1.82) is 0 Å². The number of pyridine rings is 1. The first-order valence-corrected chi connectivity index (χ1v) is 7.48. The fraction of sp³-hybridized carbons (Fsp3) is 0.353. The molecule has 0 bridgehead atoms. The lowest BCUT2D eigenvalue weighted by Crippen LogP contribution is -2.21. The van der Waals surface area contributed by atoms with E-state index in [1.54, 1.807) is 0 Å². The van der Waals surface area contributed by atoms with Gasteiger partial charge in [-0.3, -0.25) is 4.98 Å². The number of benzene rings is 1. The highest BCUT2D eigenvalue weighted by Gasteiger charge is 2.10. The summed E-state index contributed by atoms with van der Waals surface area (Å²) in [6, 6.07) is 12.5. The molecule has 1 unspecified atom stereocenters. The first-order chi connectivity index (χ1) is 9.70. The zero-order valence-corrected chi connectivity index (χ0v) is 12.8. The lowest BCUT2D eigenvalue weighted by atomic mass is 10.0. The van der Waals surface area contributed by atoms with Crippen molar-refractivity contribution in [2.75, 3.05) is 0 Å². The molecule has 3 heteroatoms. The molecule has 1 N–H and O–H groups in total. The van der Waals surface area contributed by atoms with Crippen LogP contribution in [0.15, 0.2) is 42.6 Å². The first-order valence-electron chi connectivity index (χ1n) is 7.10. The van der Waals surface area contributed by atoms with Crippen LogP contribution in [-0.2, 0) is 6.54 Å². The molecule has 0 amide bonds. The largest absolute Gasteiger partial charge is 0.304 e. The Hall–Kier alpha value is -1.38. The Labute approximate surface area is 126 Å². The van der Waals surface area contributed by atoms with E-state index in [0.717, 1.165) is 30.1 Å². The maximum atomic E-state index is 5.96. The lowest BCUT2D eigenvalue weighted by molar-refractivity contribution is 0.489. The molecule has 0 radical (unpaired) electrons. The van der Waals surface area contributed by atoms with Gasteiger partial charge in [0.1, 0.15) is 0 Å². The van der Waals surface area contributed by atoms with Crippen molar-refractivity contribution < 1.29 is 0 Å². The van der Waals surface area contributed by atoms with Crippen LogP contribution in [0.5, 0.6) is 0 Å². The highest BCUT2D eigenvalue weighted by Crippen LogP contribution is 2.21. The zero-order valence-electron chi connectivity index (χ0n) is 12.1. The van der Waals surface area contributed by atoms with Crippen LogP contribution in [0, 0.1) is 6.92 Å². The normalized spacial score (nSPS) is 12.3. The molecular weight excluding hydrogens is 268 g/mol. The number of aromatic nitrogens is 1. The summed E-state index contributed by atoms with van der Waals surface area (Å²) in [7, 11) is 0. The smallest absolute Gasteiger partial charge is 0.0570 e. The zero-order chi connectivity index (χ0) is 14.4. The van der Waals surface area contributed by atoms with Gasteiger partial charge in [0.05, 0.1) is 5.69 Å². The molecule has 1 aromatic carbocycles. The molecule has 0 aliphatic rings. The van der Waals surface area contributed by atoms with E-state index >= 15 is 0 Å². The average Bonchev–Trinajstić information content (AvgIpc) is 2.46. The summed E-state index contributed by atoms with van der Waals surface area (Å²) in [5.74, 6) is 0. The van der Waals surface area contributed by atoms with Crippen molar-refractivity contribution in [2.24, 2.45) is 0 Å². The Balaban J connectivity index is 2.06. The van der Waals surface area contributed by atoms with E-state index in [2.05, 4.69) is 42.3 Å². The maximum Gasteiger partial charge on any atom is 0.0570 e. The third kappa shape index (κ3) is 4.06. The molecule has 2 aromatic rings. The van der Waals surface area contributed by atoms with Crippen molar-refractivity contribution in [1.82, 2.24) is 10.3 Å². The lowest BCUT2D eigenvalue weighted by Gasteiger charge is -2.19. The fourth-order valence-corrected chi connectivity index (χ4v) is 2.42. The van der Waals surface area contributed by atoms with Gasteiger partial charge in [0, 0.05) is 23.8 Å². The highest BCUT2D eigenvalue weighted by molar-refractivity contribution is 6.30. The molecule has 1 heterocycles. The predicted molar refractivity (Wildman–Crippen MR) is 84.9 cm³/mol. The summed E-state index contributed by atoms with van der Waals surface area (Å²) in [5, 5.41) is 4.39. The van der Waals surface area contributed by atoms with Crippen molar-refractivity contribution >= 4 is 11.6 Å². The van der Waals surface area contributed by atoms with Crippen LogP contribution >= 0.6 is 11.6 Å². The number of hydrogen-bond acceptors (Lipinski definition) is 2. The Morgan fingerprint density at radius 1 is 1.20 bits per heavy atom. The highest BCUT2D eigenvalue weighted by atomic mass is 35.5. The van der Waals surface area contributed by atoms with Gasteiger partial charge in [0.25, 0.3) is 0 Å². The average molecular weight is 289 g/mol. The van der Waals surface area contributed by atoms with Gasteiger partial charge < -0.3 is 5.32 Å². The van der Waals surface area contributed by atoms with E-state index < -0.39 is 0 Å². The van der Waals surface area contributed by atoms with E-state index in [0.29, 0.717) is 6.04 Å². The second-order valence-corrected chi connectivity index (χ2v) is 5.48. The van der Waals surface area contributed by atoms with Crippen molar-refractivity contribution in [3.8, 4) is 0 Å². The van der Waals surface area contributed by atoms with Gasteiger partial charge in [-0.05, 0) is 42.7 Å².